The molecule has 0 bridgehead atoms. The van der Waals surface area contributed by atoms with Gasteiger partial charge in [-0.3, -0.25) is 0 Å². The van der Waals surface area contributed by atoms with E-state index in [4.69, 9.17) is 4.74 Å². The Morgan fingerprint density at radius 1 is 1.24 bits per heavy atom. The fourth-order valence-electron chi connectivity index (χ4n) is 3.17. The van der Waals surface area contributed by atoms with Gasteiger partial charge in [0.15, 0.2) is 0 Å². The topological polar surface area (TPSA) is 41.6 Å². The van der Waals surface area contributed by atoms with Crippen molar-refractivity contribution in [3.63, 3.8) is 0 Å². The normalized spacial score (nSPS) is 18.1. The van der Waals surface area contributed by atoms with Crippen molar-refractivity contribution in [1.82, 2.24) is 4.90 Å². The lowest BCUT2D eigenvalue weighted by Gasteiger charge is -2.34. The second-order valence-corrected chi connectivity index (χ2v) is 8.06. The highest BCUT2D eigenvalue weighted by Gasteiger charge is 2.27. The number of nitrogens with zero attached hydrogens (tertiary/aromatic N) is 1. The Hall–Kier alpha value is -1.71. The van der Waals surface area contributed by atoms with Gasteiger partial charge in [-0.2, -0.15) is 0 Å². The molecule has 1 unspecified atom stereocenters. The van der Waals surface area contributed by atoms with E-state index in [-0.39, 0.29) is 12.1 Å². The number of likely N-dealkylation sites (tertiary alicyclic amines) is 1. The average molecular weight is 347 g/mol. The molecule has 0 aromatic heterocycles. The summed E-state index contributed by atoms with van der Waals surface area (Å²) in [4.78, 5) is 14.1. The van der Waals surface area contributed by atoms with Crippen LogP contribution in [0.15, 0.2) is 24.3 Å². The first-order valence-electron chi connectivity index (χ1n) is 9.71. The highest BCUT2D eigenvalue weighted by Crippen LogP contribution is 2.19. The lowest BCUT2D eigenvalue weighted by atomic mass is 10.0. The molecular weight excluding hydrogens is 312 g/mol. The van der Waals surface area contributed by atoms with Gasteiger partial charge in [0.2, 0.25) is 0 Å². The lowest BCUT2D eigenvalue weighted by molar-refractivity contribution is 0.0206. The Morgan fingerprint density at radius 2 is 1.96 bits per heavy atom. The minimum absolute atomic E-state index is 0.203. The number of rotatable bonds is 6. The molecule has 4 heteroatoms. The summed E-state index contributed by atoms with van der Waals surface area (Å²) in [5.74, 6) is 0. The van der Waals surface area contributed by atoms with Crippen LogP contribution in [0.3, 0.4) is 0 Å². The third kappa shape index (κ3) is 6.97. The monoisotopic (exact) mass is 346 g/mol. The minimum Gasteiger partial charge on any atom is -0.444 e. The van der Waals surface area contributed by atoms with E-state index in [2.05, 4.69) is 36.5 Å². The fourth-order valence-corrected chi connectivity index (χ4v) is 3.17. The highest BCUT2D eigenvalue weighted by molar-refractivity contribution is 5.68. The smallest absolute Gasteiger partial charge is 0.410 e. The first-order chi connectivity index (χ1) is 11.9. The summed E-state index contributed by atoms with van der Waals surface area (Å²) < 4.78 is 5.50. The Morgan fingerprint density at radius 3 is 2.60 bits per heavy atom. The quantitative estimate of drug-likeness (QED) is 0.717. The molecule has 140 valence electrons. The number of unbranched alkanes of at least 4 members (excludes halogenated alkanes) is 2. The number of aryl methyl sites for hydroxylation is 1. The van der Waals surface area contributed by atoms with Crippen LogP contribution in [0, 0.1) is 0 Å². The lowest BCUT2D eigenvalue weighted by Crippen LogP contribution is -2.46. The molecule has 2 rings (SSSR count). The largest absolute Gasteiger partial charge is 0.444 e. The number of benzene rings is 1. The van der Waals surface area contributed by atoms with Crippen molar-refractivity contribution in [1.29, 1.82) is 0 Å². The number of amides is 1. The fraction of sp³-hybridized carbons (Fsp3) is 0.667. The molecule has 0 radical (unpaired) electrons. The molecular formula is C21H34N2O2. The molecule has 1 aliphatic rings. The van der Waals surface area contributed by atoms with Crippen molar-refractivity contribution in [2.45, 2.75) is 77.9 Å². The van der Waals surface area contributed by atoms with E-state index >= 15 is 0 Å². The van der Waals surface area contributed by atoms with E-state index in [1.54, 1.807) is 0 Å². The van der Waals surface area contributed by atoms with E-state index in [0.717, 1.165) is 31.5 Å². The number of nitrogens with one attached hydrogen (secondary N) is 1. The maximum Gasteiger partial charge on any atom is 0.410 e. The van der Waals surface area contributed by atoms with Gasteiger partial charge in [-0.15, -0.1) is 0 Å². The molecule has 1 N–H and O–H groups in total. The Bertz CT molecular complexity index is 534. The zero-order valence-corrected chi connectivity index (χ0v) is 16.3. The van der Waals surface area contributed by atoms with Crippen LogP contribution in [0.25, 0.3) is 0 Å². The van der Waals surface area contributed by atoms with Crippen molar-refractivity contribution < 1.29 is 9.53 Å². The second-order valence-electron chi connectivity index (χ2n) is 8.06. The number of carbonyl (C=O) groups excluding carboxylic acids is 1. The number of hydrogen-bond acceptors (Lipinski definition) is 3. The SMILES string of the molecule is CCCCCc1ccc(NC2CCCN(C(=O)OC(C)(C)C)C2)cc1. The van der Waals surface area contributed by atoms with Gasteiger partial charge >= 0.3 is 6.09 Å². The molecule has 1 aliphatic heterocycles. The van der Waals surface area contributed by atoms with Crippen molar-refractivity contribution in [2.75, 3.05) is 18.4 Å². The first-order valence-corrected chi connectivity index (χ1v) is 9.71. The maximum atomic E-state index is 12.3. The average Bonchev–Trinajstić information content (AvgIpc) is 2.55. The summed E-state index contributed by atoms with van der Waals surface area (Å²) in [6.45, 7) is 9.44. The predicted molar refractivity (Wildman–Crippen MR) is 104 cm³/mol. The standard InChI is InChI=1S/C21H34N2O2/c1-5-6-7-9-17-11-13-18(14-12-17)22-19-10-8-15-23(16-19)20(24)25-21(2,3)4/h11-14,19,22H,5-10,15-16H2,1-4H3. The summed E-state index contributed by atoms with van der Waals surface area (Å²) in [6, 6.07) is 9.03. The van der Waals surface area contributed by atoms with Crippen LogP contribution in [0.4, 0.5) is 10.5 Å². The van der Waals surface area contributed by atoms with Crippen LogP contribution in [0.1, 0.15) is 65.4 Å². The molecule has 1 aromatic carbocycles. The van der Waals surface area contributed by atoms with Gasteiger partial charge in [0.05, 0.1) is 0 Å². The van der Waals surface area contributed by atoms with Gasteiger partial charge in [-0.1, -0.05) is 31.9 Å². The van der Waals surface area contributed by atoms with Gasteiger partial charge in [0.1, 0.15) is 5.60 Å². The van der Waals surface area contributed by atoms with Gasteiger partial charge < -0.3 is 15.0 Å². The van der Waals surface area contributed by atoms with Crippen molar-refractivity contribution >= 4 is 11.8 Å². The van der Waals surface area contributed by atoms with Gasteiger partial charge in [-0.25, -0.2) is 4.79 Å². The number of anilines is 1. The number of hydrogen-bond donors (Lipinski definition) is 1. The van der Waals surface area contributed by atoms with Crippen LogP contribution >= 0.6 is 0 Å². The van der Waals surface area contributed by atoms with Gasteiger partial charge in [0.25, 0.3) is 0 Å². The number of piperidine rings is 1. The summed E-state index contributed by atoms with van der Waals surface area (Å²) in [5, 5.41) is 3.57. The molecule has 0 aliphatic carbocycles. The summed E-state index contributed by atoms with van der Waals surface area (Å²) in [6.07, 6.45) is 6.85. The van der Waals surface area contributed by atoms with Crippen LogP contribution in [-0.2, 0) is 11.2 Å². The Labute approximate surface area is 152 Å². The molecule has 1 aromatic rings. The third-order valence-corrected chi connectivity index (χ3v) is 4.47. The predicted octanol–water partition coefficient (Wildman–Crippen LogP) is 5.23. The van der Waals surface area contributed by atoms with E-state index in [0.29, 0.717) is 6.54 Å². The first kappa shape index (κ1) is 19.6. The molecule has 0 saturated carbocycles. The Balaban J connectivity index is 1.84. The molecule has 1 heterocycles. The van der Waals surface area contributed by atoms with Crippen molar-refractivity contribution in [3.8, 4) is 0 Å². The molecule has 0 spiro atoms. The summed E-state index contributed by atoms with van der Waals surface area (Å²) in [5.41, 5.74) is 2.10. The van der Waals surface area contributed by atoms with Crippen LogP contribution in [0.2, 0.25) is 0 Å². The molecule has 1 saturated heterocycles. The molecule has 1 atom stereocenters. The minimum atomic E-state index is -0.439. The third-order valence-electron chi connectivity index (χ3n) is 4.47. The maximum absolute atomic E-state index is 12.3. The van der Waals surface area contributed by atoms with Gasteiger partial charge in [-0.05, 0) is 64.2 Å². The van der Waals surface area contributed by atoms with Crippen molar-refractivity contribution in [2.24, 2.45) is 0 Å². The summed E-state index contributed by atoms with van der Waals surface area (Å²) in [7, 11) is 0. The Kier molecular flexibility index (Phi) is 7.15. The van der Waals surface area contributed by atoms with Crippen LogP contribution in [0.5, 0.6) is 0 Å². The van der Waals surface area contributed by atoms with E-state index < -0.39 is 5.60 Å². The zero-order chi connectivity index (χ0) is 18.3. The van der Waals surface area contributed by atoms with E-state index in [1.807, 2.05) is 25.7 Å². The molecule has 1 fully saturated rings. The molecule has 4 nitrogen and oxygen atoms in total. The zero-order valence-electron chi connectivity index (χ0n) is 16.3. The molecule has 1 amide bonds. The van der Waals surface area contributed by atoms with Crippen LogP contribution < -0.4 is 5.32 Å². The summed E-state index contributed by atoms with van der Waals surface area (Å²) >= 11 is 0. The van der Waals surface area contributed by atoms with E-state index in [9.17, 15) is 4.79 Å². The molecule has 25 heavy (non-hydrogen) atoms. The number of carbonyl (C=O) groups is 1. The highest BCUT2D eigenvalue weighted by atomic mass is 16.6. The van der Waals surface area contributed by atoms with Gasteiger partial charge in [0, 0.05) is 24.8 Å². The van der Waals surface area contributed by atoms with Crippen molar-refractivity contribution in [3.05, 3.63) is 29.8 Å². The van der Waals surface area contributed by atoms with E-state index in [1.165, 1.54) is 24.8 Å². The van der Waals surface area contributed by atoms with Crippen LogP contribution in [-0.4, -0.2) is 35.7 Å². The number of ether oxygens (including phenoxy) is 1. The second kappa shape index (κ2) is 9.12.